The molecule has 0 bridgehead atoms. The summed E-state index contributed by atoms with van der Waals surface area (Å²) in [6, 6.07) is 13.2. The third kappa shape index (κ3) is 6.89. The highest BCUT2D eigenvalue weighted by Gasteiger charge is 2.26. The molecule has 0 radical (unpaired) electrons. The lowest BCUT2D eigenvalue weighted by Crippen LogP contribution is -2.50. The van der Waals surface area contributed by atoms with E-state index in [-0.39, 0.29) is 6.09 Å². The van der Waals surface area contributed by atoms with Gasteiger partial charge in [0.1, 0.15) is 5.60 Å². The first kappa shape index (κ1) is 25.9. The van der Waals surface area contributed by atoms with Gasteiger partial charge in [0.15, 0.2) is 0 Å². The molecule has 7 heteroatoms. The molecule has 2 aromatic rings. The second-order valence-electron chi connectivity index (χ2n) is 9.35. The lowest BCUT2D eigenvalue weighted by molar-refractivity contribution is 0.0240. The zero-order valence-electron chi connectivity index (χ0n) is 20.3. The highest BCUT2D eigenvalue weighted by molar-refractivity contribution is 9.10. The summed E-state index contributed by atoms with van der Waals surface area (Å²) >= 11 is 7.56. The van der Waals surface area contributed by atoms with Gasteiger partial charge in [-0.2, -0.15) is 0 Å². The number of amides is 1. The van der Waals surface area contributed by atoms with Gasteiger partial charge in [0.05, 0.1) is 0 Å². The first-order valence-corrected chi connectivity index (χ1v) is 13.2. The molecule has 1 saturated heterocycles. The number of hydrogen-bond donors (Lipinski definition) is 0. The van der Waals surface area contributed by atoms with Crippen LogP contribution in [-0.2, 0) is 11.2 Å². The van der Waals surface area contributed by atoms with Crippen LogP contribution in [-0.4, -0.2) is 55.9 Å². The minimum absolute atomic E-state index is 0.226. The maximum absolute atomic E-state index is 12.3. The summed E-state index contributed by atoms with van der Waals surface area (Å²) in [6.07, 6.45) is 0.628. The van der Waals surface area contributed by atoms with E-state index >= 15 is 0 Å². The van der Waals surface area contributed by atoms with Crippen LogP contribution >= 0.6 is 31.9 Å². The zero-order chi connectivity index (χ0) is 24.2. The Balaban J connectivity index is 1.64. The number of carbonyl (C=O) groups is 1. The summed E-state index contributed by atoms with van der Waals surface area (Å²) in [7, 11) is 0. The summed E-state index contributed by atoms with van der Waals surface area (Å²) < 4.78 is 7.75. The molecule has 1 heterocycles. The van der Waals surface area contributed by atoms with Crippen LogP contribution in [0.5, 0.6) is 0 Å². The van der Waals surface area contributed by atoms with Crippen molar-refractivity contribution in [2.45, 2.75) is 46.6 Å². The van der Waals surface area contributed by atoms with E-state index in [9.17, 15) is 4.79 Å². The van der Waals surface area contributed by atoms with Gasteiger partial charge in [-0.3, -0.25) is 0 Å². The molecule has 1 fully saturated rings. The third-order valence-corrected chi connectivity index (χ3v) is 7.36. The summed E-state index contributed by atoms with van der Waals surface area (Å²) in [6.45, 7) is 15.0. The predicted octanol–water partition coefficient (Wildman–Crippen LogP) is 6.71. The van der Waals surface area contributed by atoms with Crippen LogP contribution < -0.4 is 9.80 Å². The minimum Gasteiger partial charge on any atom is -0.444 e. The predicted molar refractivity (Wildman–Crippen MR) is 145 cm³/mol. The Morgan fingerprint density at radius 1 is 0.939 bits per heavy atom. The molecule has 3 rings (SSSR count). The summed E-state index contributed by atoms with van der Waals surface area (Å²) in [4.78, 5) is 18.8. The third-order valence-electron chi connectivity index (χ3n) is 5.88. The van der Waals surface area contributed by atoms with Gasteiger partial charge in [-0.15, -0.1) is 0 Å². The van der Waals surface area contributed by atoms with E-state index in [0.717, 1.165) is 41.5 Å². The average molecular weight is 581 g/mol. The molecule has 1 amide bonds. The van der Waals surface area contributed by atoms with E-state index in [0.29, 0.717) is 13.1 Å². The number of ether oxygens (including phenoxy) is 1. The van der Waals surface area contributed by atoms with Crippen molar-refractivity contribution in [3.8, 4) is 0 Å². The lowest BCUT2D eigenvalue weighted by Gasteiger charge is -2.37. The maximum Gasteiger partial charge on any atom is 0.410 e. The standard InChI is InChI=1S/C26H35Br2N3O2/c1-6-29(7-2)21-10-8-19(23(27)17-21)16-20-9-11-22(18-24(20)28)30-12-14-31(15-13-30)25(32)33-26(3,4)5/h8-11,17-18H,6-7,12-16H2,1-5H3. The molecule has 0 atom stereocenters. The van der Waals surface area contributed by atoms with Crippen molar-refractivity contribution in [2.24, 2.45) is 0 Å². The molecule has 0 aliphatic carbocycles. The first-order valence-electron chi connectivity index (χ1n) is 11.7. The summed E-state index contributed by atoms with van der Waals surface area (Å²) in [5.41, 5.74) is 4.48. The maximum atomic E-state index is 12.3. The van der Waals surface area contributed by atoms with Gasteiger partial charge < -0.3 is 19.4 Å². The average Bonchev–Trinajstić information content (AvgIpc) is 2.76. The number of benzene rings is 2. The lowest BCUT2D eigenvalue weighted by atomic mass is 10.0. The first-order chi connectivity index (χ1) is 15.6. The number of nitrogens with zero attached hydrogens (tertiary/aromatic N) is 3. The van der Waals surface area contributed by atoms with Crippen molar-refractivity contribution in [3.05, 3.63) is 56.5 Å². The van der Waals surface area contributed by atoms with Crippen LogP contribution in [0, 0.1) is 0 Å². The van der Waals surface area contributed by atoms with Crippen molar-refractivity contribution in [1.82, 2.24) is 4.90 Å². The highest BCUT2D eigenvalue weighted by Crippen LogP contribution is 2.31. The topological polar surface area (TPSA) is 36.0 Å². The normalized spacial score (nSPS) is 14.4. The van der Waals surface area contributed by atoms with Gasteiger partial charge in [-0.05, 0) is 76.4 Å². The Morgan fingerprint density at radius 2 is 1.52 bits per heavy atom. The number of rotatable bonds is 6. The molecule has 0 saturated carbocycles. The second kappa shape index (κ2) is 11.1. The largest absolute Gasteiger partial charge is 0.444 e. The summed E-state index contributed by atoms with van der Waals surface area (Å²) in [5, 5.41) is 0. The second-order valence-corrected chi connectivity index (χ2v) is 11.1. The summed E-state index contributed by atoms with van der Waals surface area (Å²) in [5.74, 6) is 0. The van der Waals surface area contributed by atoms with Crippen molar-refractivity contribution in [2.75, 3.05) is 49.1 Å². The highest BCUT2D eigenvalue weighted by atomic mass is 79.9. The van der Waals surface area contributed by atoms with Crippen LogP contribution in [0.25, 0.3) is 0 Å². The van der Waals surface area contributed by atoms with Gasteiger partial charge in [-0.25, -0.2) is 4.79 Å². The molecule has 2 aromatic carbocycles. The van der Waals surface area contributed by atoms with E-state index in [2.05, 4.69) is 91.9 Å². The Morgan fingerprint density at radius 3 is 2.03 bits per heavy atom. The molecule has 180 valence electrons. The van der Waals surface area contributed by atoms with Gasteiger partial charge in [0.2, 0.25) is 0 Å². The Labute approximate surface area is 215 Å². The van der Waals surface area contributed by atoms with E-state index in [1.165, 1.54) is 22.5 Å². The van der Waals surface area contributed by atoms with Gasteiger partial charge in [-0.1, -0.05) is 44.0 Å². The Bertz CT molecular complexity index is 962. The monoisotopic (exact) mass is 579 g/mol. The molecule has 5 nitrogen and oxygen atoms in total. The molecular weight excluding hydrogens is 546 g/mol. The fourth-order valence-corrected chi connectivity index (χ4v) is 5.03. The Kier molecular flexibility index (Phi) is 8.73. The van der Waals surface area contributed by atoms with Gasteiger partial charge in [0, 0.05) is 59.6 Å². The van der Waals surface area contributed by atoms with Crippen LogP contribution in [0.15, 0.2) is 45.3 Å². The van der Waals surface area contributed by atoms with E-state index in [1.54, 1.807) is 4.90 Å². The number of anilines is 2. The molecule has 33 heavy (non-hydrogen) atoms. The quantitative estimate of drug-likeness (QED) is 0.380. The van der Waals surface area contributed by atoms with Crippen molar-refractivity contribution in [3.63, 3.8) is 0 Å². The fourth-order valence-electron chi connectivity index (χ4n) is 4.02. The van der Waals surface area contributed by atoms with Crippen LogP contribution in [0.3, 0.4) is 0 Å². The van der Waals surface area contributed by atoms with Gasteiger partial charge >= 0.3 is 6.09 Å². The molecule has 0 unspecified atom stereocenters. The smallest absolute Gasteiger partial charge is 0.410 e. The minimum atomic E-state index is -0.463. The zero-order valence-corrected chi connectivity index (χ0v) is 23.5. The van der Waals surface area contributed by atoms with Crippen LogP contribution in [0.1, 0.15) is 45.7 Å². The number of carbonyl (C=O) groups excluding carboxylic acids is 1. The number of hydrogen-bond acceptors (Lipinski definition) is 4. The van der Waals surface area contributed by atoms with Crippen molar-refractivity contribution >= 4 is 49.3 Å². The molecule has 0 N–H and O–H groups in total. The van der Waals surface area contributed by atoms with E-state index < -0.39 is 5.60 Å². The van der Waals surface area contributed by atoms with Crippen LogP contribution in [0.4, 0.5) is 16.2 Å². The van der Waals surface area contributed by atoms with Gasteiger partial charge in [0.25, 0.3) is 0 Å². The molecule has 0 aromatic heterocycles. The molecule has 1 aliphatic rings. The fraction of sp³-hybridized carbons (Fsp3) is 0.500. The van der Waals surface area contributed by atoms with Crippen LogP contribution in [0.2, 0.25) is 0 Å². The van der Waals surface area contributed by atoms with E-state index in [4.69, 9.17) is 4.74 Å². The number of halogens is 2. The molecule has 1 aliphatic heterocycles. The number of piperazine rings is 1. The van der Waals surface area contributed by atoms with E-state index in [1.807, 2.05) is 20.8 Å². The molecular formula is C26H35Br2N3O2. The SMILES string of the molecule is CCN(CC)c1ccc(Cc2ccc(N3CCN(C(=O)OC(C)(C)C)CC3)cc2Br)c(Br)c1. The Hall–Kier alpha value is -1.73. The van der Waals surface area contributed by atoms with Crippen molar-refractivity contribution in [1.29, 1.82) is 0 Å². The van der Waals surface area contributed by atoms with Crippen molar-refractivity contribution < 1.29 is 9.53 Å². The molecule has 0 spiro atoms.